The van der Waals surface area contributed by atoms with Gasteiger partial charge in [-0.15, -0.1) is 11.3 Å². The summed E-state index contributed by atoms with van der Waals surface area (Å²) in [5.74, 6) is -0.459. The number of nitrogens with zero attached hydrogens (tertiary/aromatic N) is 3. The Balaban J connectivity index is 1.72. The van der Waals surface area contributed by atoms with Crippen molar-refractivity contribution in [3.8, 4) is 0 Å². The van der Waals surface area contributed by atoms with Crippen LogP contribution in [-0.4, -0.2) is 35.8 Å². The number of aromatic nitrogens is 1. The first-order valence-corrected chi connectivity index (χ1v) is 12.6. The number of amides is 1. The second-order valence-electron chi connectivity index (χ2n) is 6.75. The van der Waals surface area contributed by atoms with Crippen molar-refractivity contribution in [3.63, 3.8) is 0 Å². The number of benzene rings is 1. The Kier molecular flexibility index (Phi) is 5.65. The van der Waals surface area contributed by atoms with E-state index in [2.05, 4.69) is 4.99 Å². The number of fused-ring (bicyclic) bond motifs is 1. The third-order valence-corrected chi connectivity index (χ3v) is 10.1. The van der Waals surface area contributed by atoms with Crippen LogP contribution in [0.25, 0.3) is 10.2 Å². The summed E-state index contributed by atoms with van der Waals surface area (Å²) in [6.07, 6.45) is 1.05. The van der Waals surface area contributed by atoms with E-state index in [-0.39, 0.29) is 10.8 Å². The number of thiazole rings is 1. The Morgan fingerprint density at radius 1 is 1.21 bits per heavy atom. The Hall–Kier alpha value is -1.23. The minimum Gasteiger partial charge on any atom is -0.319 e. The molecule has 0 saturated carbocycles. The average molecular weight is 490 g/mol. The van der Waals surface area contributed by atoms with Gasteiger partial charge in [0.15, 0.2) is 4.80 Å². The third-order valence-electron chi connectivity index (χ3n) is 4.96. The van der Waals surface area contributed by atoms with E-state index in [1.165, 1.54) is 21.7 Å². The molecule has 1 aliphatic rings. The summed E-state index contributed by atoms with van der Waals surface area (Å²) >= 11 is 14.5. The molecular formula is C18H17Cl2N3O3S3. The number of thiophene rings is 1. The zero-order valence-electron chi connectivity index (χ0n) is 15.6. The molecule has 2 aromatic heterocycles. The topological polar surface area (TPSA) is 71.7 Å². The van der Waals surface area contributed by atoms with Gasteiger partial charge in [-0.3, -0.25) is 4.79 Å². The number of sulfonamides is 1. The number of rotatable bonds is 3. The lowest BCUT2D eigenvalue weighted by molar-refractivity contribution is -0.121. The van der Waals surface area contributed by atoms with E-state index >= 15 is 0 Å². The molecule has 1 unspecified atom stereocenters. The van der Waals surface area contributed by atoms with Crippen molar-refractivity contribution in [1.82, 2.24) is 8.87 Å². The molecule has 0 radical (unpaired) electrons. The zero-order chi connectivity index (χ0) is 20.9. The average Bonchev–Trinajstić information content (AvgIpc) is 3.38. The fourth-order valence-electron chi connectivity index (χ4n) is 3.51. The van der Waals surface area contributed by atoms with Crippen LogP contribution in [0, 0.1) is 6.92 Å². The van der Waals surface area contributed by atoms with Crippen LogP contribution < -0.4 is 4.80 Å². The van der Waals surface area contributed by atoms with Crippen molar-refractivity contribution < 1.29 is 13.2 Å². The smallest absolute Gasteiger partial charge is 0.266 e. The highest BCUT2D eigenvalue weighted by Gasteiger charge is 2.40. The second-order valence-corrected chi connectivity index (χ2v) is 12.0. The first-order chi connectivity index (χ1) is 13.7. The van der Waals surface area contributed by atoms with E-state index in [1.807, 2.05) is 30.7 Å². The van der Waals surface area contributed by atoms with Gasteiger partial charge in [-0.05, 0) is 49.6 Å². The highest BCUT2D eigenvalue weighted by atomic mass is 35.5. The number of hydrogen-bond donors (Lipinski definition) is 0. The summed E-state index contributed by atoms with van der Waals surface area (Å²) < 4.78 is 30.5. The third kappa shape index (κ3) is 3.68. The van der Waals surface area contributed by atoms with E-state index in [1.54, 1.807) is 6.07 Å². The number of aryl methyl sites for hydroxylation is 2. The molecule has 1 aliphatic heterocycles. The summed E-state index contributed by atoms with van der Waals surface area (Å²) in [7, 11) is -1.96. The summed E-state index contributed by atoms with van der Waals surface area (Å²) in [4.78, 5) is 17.8. The lowest BCUT2D eigenvalue weighted by Crippen LogP contribution is -2.40. The predicted molar refractivity (Wildman–Crippen MR) is 117 cm³/mol. The molecule has 1 amide bonds. The molecule has 1 atom stereocenters. The SMILES string of the molecule is Cc1c(Cl)ccc2sc(=NC(=O)C3CCCN3S(=O)(=O)c3ccc(Cl)s3)n(C)c12. The maximum absolute atomic E-state index is 13.0. The molecule has 154 valence electrons. The molecule has 3 aromatic rings. The van der Waals surface area contributed by atoms with Gasteiger partial charge in [0.1, 0.15) is 10.3 Å². The van der Waals surface area contributed by atoms with Gasteiger partial charge in [0, 0.05) is 18.6 Å². The van der Waals surface area contributed by atoms with Gasteiger partial charge in [-0.2, -0.15) is 9.30 Å². The molecule has 6 nitrogen and oxygen atoms in total. The highest BCUT2D eigenvalue weighted by molar-refractivity contribution is 7.91. The van der Waals surface area contributed by atoms with Crippen LogP contribution in [-0.2, 0) is 21.9 Å². The van der Waals surface area contributed by atoms with E-state index < -0.39 is 22.0 Å². The van der Waals surface area contributed by atoms with E-state index in [0.717, 1.165) is 27.1 Å². The predicted octanol–water partition coefficient (Wildman–Crippen LogP) is 4.20. The van der Waals surface area contributed by atoms with E-state index in [9.17, 15) is 13.2 Å². The Bertz CT molecular complexity index is 1290. The van der Waals surface area contributed by atoms with Crippen LogP contribution in [0.5, 0.6) is 0 Å². The first kappa shape index (κ1) is 21.0. The van der Waals surface area contributed by atoms with Crippen molar-refractivity contribution in [1.29, 1.82) is 0 Å². The first-order valence-electron chi connectivity index (χ1n) is 8.80. The summed E-state index contributed by atoms with van der Waals surface area (Å²) in [6.45, 7) is 2.21. The van der Waals surface area contributed by atoms with Gasteiger partial charge in [0.05, 0.1) is 14.6 Å². The molecule has 1 aromatic carbocycles. The van der Waals surface area contributed by atoms with Gasteiger partial charge < -0.3 is 4.57 Å². The molecule has 1 fully saturated rings. The monoisotopic (exact) mass is 489 g/mol. The molecule has 0 N–H and O–H groups in total. The molecule has 0 spiro atoms. The van der Waals surface area contributed by atoms with Crippen LogP contribution in [0.2, 0.25) is 9.36 Å². The Morgan fingerprint density at radius 2 is 1.97 bits per heavy atom. The van der Waals surface area contributed by atoms with Crippen molar-refractivity contribution in [2.45, 2.75) is 30.0 Å². The fourth-order valence-corrected chi connectivity index (χ4v) is 8.00. The fraction of sp³-hybridized carbons (Fsp3) is 0.333. The van der Waals surface area contributed by atoms with Gasteiger partial charge in [0.25, 0.3) is 15.9 Å². The largest absolute Gasteiger partial charge is 0.319 e. The van der Waals surface area contributed by atoms with E-state index in [4.69, 9.17) is 23.2 Å². The van der Waals surface area contributed by atoms with Crippen molar-refractivity contribution >= 4 is 72.0 Å². The number of carbonyl (C=O) groups excluding carboxylic acids is 1. The van der Waals surface area contributed by atoms with Crippen LogP contribution in [0.1, 0.15) is 18.4 Å². The molecule has 11 heteroatoms. The van der Waals surface area contributed by atoms with Crippen molar-refractivity contribution in [2.75, 3.05) is 6.54 Å². The second kappa shape index (κ2) is 7.79. The van der Waals surface area contributed by atoms with E-state index in [0.29, 0.717) is 27.0 Å². The minimum absolute atomic E-state index is 0.139. The maximum atomic E-state index is 13.0. The quantitative estimate of drug-likeness (QED) is 0.553. The zero-order valence-corrected chi connectivity index (χ0v) is 19.5. The molecule has 1 saturated heterocycles. The summed E-state index contributed by atoms with van der Waals surface area (Å²) in [5, 5.41) is 0.645. The van der Waals surface area contributed by atoms with Gasteiger partial charge >= 0.3 is 0 Å². The minimum atomic E-state index is -3.79. The van der Waals surface area contributed by atoms with Crippen LogP contribution in [0.3, 0.4) is 0 Å². The van der Waals surface area contributed by atoms with Crippen molar-refractivity contribution in [3.05, 3.63) is 44.0 Å². The molecule has 29 heavy (non-hydrogen) atoms. The van der Waals surface area contributed by atoms with Crippen LogP contribution in [0.15, 0.2) is 33.5 Å². The lowest BCUT2D eigenvalue weighted by Gasteiger charge is -2.20. The molecule has 0 aliphatic carbocycles. The number of halogens is 2. The normalized spacial score (nSPS) is 18.8. The standard InChI is InChI=1S/C18H17Cl2N3O3S3/c1-10-11(19)5-6-13-16(10)22(2)18(27-13)21-17(24)12-4-3-9-23(12)29(25,26)15-8-7-14(20)28-15/h5-8,12H,3-4,9H2,1-2H3. The molecule has 0 bridgehead atoms. The Labute approximate surface area is 186 Å². The molecule has 4 rings (SSSR count). The molecular weight excluding hydrogens is 473 g/mol. The summed E-state index contributed by atoms with van der Waals surface area (Å²) in [6, 6.07) is 5.92. The van der Waals surface area contributed by atoms with Crippen LogP contribution >= 0.6 is 45.9 Å². The maximum Gasteiger partial charge on any atom is 0.266 e. The van der Waals surface area contributed by atoms with Gasteiger partial charge in [-0.1, -0.05) is 34.5 Å². The Morgan fingerprint density at radius 3 is 2.66 bits per heavy atom. The number of hydrogen-bond acceptors (Lipinski definition) is 5. The van der Waals surface area contributed by atoms with Gasteiger partial charge in [-0.25, -0.2) is 8.42 Å². The molecule has 3 heterocycles. The van der Waals surface area contributed by atoms with Crippen LogP contribution in [0.4, 0.5) is 0 Å². The highest BCUT2D eigenvalue weighted by Crippen LogP contribution is 2.32. The lowest BCUT2D eigenvalue weighted by atomic mass is 10.2. The summed E-state index contributed by atoms with van der Waals surface area (Å²) in [5.41, 5.74) is 1.83. The van der Waals surface area contributed by atoms with Gasteiger partial charge in [0.2, 0.25) is 0 Å². The van der Waals surface area contributed by atoms with Crippen molar-refractivity contribution in [2.24, 2.45) is 12.0 Å². The number of carbonyl (C=O) groups is 1.